The van der Waals surface area contributed by atoms with E-state index in [1.54, 1.807) is 0 Å². The molecule has 0 spiro atoms. The third-order valence-corrected chi connectivity index (χ3v) is 5.71. The van der Waals surface area contributed by atoms with Crippen molar-refractivity contribution in [1.29, 1.82) is 5.26 Å². The number of ether oxygens (including phenoxy) is 4. The predicted molar refractivity (Wildman–Crippen MR) is 141 cm³/mol. The van der Waals surface area contributed by atoms with E-state index in [0.29, 0.717) is 51.0 Å². The second-order valence-corrected chi connectivity index (χ2v) is 8.19. The molecule has 0 amide bonds. The topological polar surface area (TPSA) is 146 Å². The van der Waals surface area contributed by atoms with Gasteiger partial charge in [-0.2, -0.15) is 5.26 Å². The normalized spacial score (nSPS) is 14.3. The number of hydrogen-bond donors (Lipinski definition) is 3. The van der Waals surface area contributed by atoms with Gasteiger partial charge in [-0.25, -0.2) is 0 Å². The van der Waals surface area contributed by atoms with E-state index in [1.165, 1.54) is 0 Å². The average molecular weight is 509 g/mol. The molecule has 1 aliphatic heterocycles. The maximum atomic E-state index is 9.92. The highest BCUT2D eigenvalue weighted by molar-refractivity contribution is 5.70. The van der Waals surface area contributed by atoms with Crippen LogP contribution in [0.25, 0.3) is 11.3 Å². The Bertz CT molecular complexity index is 1240. The fourth-order valence-corrected chi connectivity index (χ4v) is 4.08. The van der Waals surface area contributed by atoms with Crippen LogP contribution in [-0.4, -0.2) is 54.3 Å². The Labute approximate surface area is 217 Å². The standard InChI is InChI=1S/C25H30N6O4.C2H6/c1-16-13-17(3-4-20(16)34-12-11-33-10-9-32-8-6-26)21-19(14-27)24(28)35-25-22(21)23(29-30-25)18-5-7-31(2)15-18;1-2/h3-5,7,13,15,21H,6,8-12,26,28H2,1-2H3,(H,29,30);1-2H3. The molecule has 2 aromatic heterocycles. The zero-order valence-corrected chi connectivity index (χ0v) is 21.9. The molecule has 0 radical (unpaired) electrons. The van der Waals surface area contributed by atoms with Crippen molar-refractivity contribution in [2.24, 2.45) is 18.5 Å². The Morgan fingerprint density at radius 2 is 1.86 bits per heavy atom. The maximum Gasteiger partial charge on any atom is 0.244 e. The number of rotatable bonds is 11. The number of H-pyrrole nitrogens is 1. The summed E-state index contributed by atoms with van der Waals surface area (Å²) in [4.78, 5) is 0. The Morgan fingerprint density at radius 1 is 1.14 bits per heavy atom. The van der Waals surface area contributed by atoms with Gasteiger partial charge in [-0.3, -0.25) is 5.10 Å². The molecule has 198 valence electrons. The third-order valence-electron chi connectivity index (χ3n) is 5.71. The monoisotopic (exact) mass is 508 g/mol. The first-order chi connectivity index (χ1) is 18.0. The van der Waals surface area contributed by atoms with Gasteiger partial charge in [0.05, 0.1) is 43.6 Å². The summed E-state index contributed by atoms with van der Waals surface area (Å²) >= 11 is 0. The Balaban J connectivity index is 0.00000186. The SMILES string of the molecule is CC.Cc1cc(C2C(C#N)=C(N)Oc3n[nH]c(-c4ccn(C)c4)c32)ccc1OCCOCCOCCN. The van der Waals surface area contributed by atoms with Crippen LogP contribution < -0.4 is 20.9 Å². The van der Waals surface area contributed by atoms with Gasteiger partial charge in [-0.1, -0.05) is 26.0 Å². The van der Waals surface area contributed by atoms with Crippen LogP contribution in [0.5, 0.6) is 11.6 Å². The smallest absolute Gasteiger partial charge is 0.244 e. The van der Waals surface area contributed by atoms with Crippen LogP contribution in [0.3, 0.4) is 0 Å². The predicted octanol–water partition coefficient (Wildman–Crippen LogP) is 3.34. The molecule has 3 aromatic rings. The van der Waals surface area contributed by atoms with Crippen LogP contribution in [0, 0.1) is 18.3 Å². The molecule has 1 aliphatic rings. The second-order valence-electron chi connectivity index (χ2n) is 8.19. The minimum Gasteiger partial charge on any atom is -0.491 e. The highest BCUT2D eigenvalue weighted by Crippen LogP contribution is 2.46. The van der Waals surface area contributed by atoms with Crippen molar-refractivity contribution in [3.05, 3.63) is 64.8 Å². The Morgan fingerprint density at radius 3 is 2.51 bits per heavy atom. The second kappa shape index (κ2) is 13.5. The first-order valence-electron chi connectivity index (χ1n) is 12.4. The van der Waals surface area contributed by atoms with Crippen LogP contribution in [-0.2, 0) is 16.5 Å². The summed E-state index contributed by atoms with van der Waals surface area (Å²) in [6.45, 7) is 8.85. The number of nitrogens with one attached hydrogen (secondary N) is 1. The van der Waals surface area contributed by atoms with E-state index in [-0.39, 0.29) is 5.88 Å². The first kappa shape index (κ1) is 27.8. The van der Waals surface area contributed by atoms with E-state index < -0.39 is 5.92 Å². The highest BCUT2D eigenvalue weighted by atomic mass is 16.5. The summed E-state index contributed by atoms with van der Waals surface area (Å²) in [5.74, 6) is 0.745. The van der Waals surface area contributed by atoms with Crippen LogP contribution in [0.1, 0.15) is 36.5 Å². The number of aromatic amines is 1. The molecule has 37 heavy (non-hydrogen) atoms. The number of allylic oxidation sites excluding steroid dienone is 1. The molecule has 10 heteroatoms. The molecular formula is C27H36N6O4. The van der Waals surface area contributed by atoms with Crippen molar-refractivity contribution >= 4 is 0 Å². The molecule has 0 fully saturated rings. The minimum atomic E-state index is -0.428. The van der Waals surface area contributed by atoms with Crippen LogP contribution >= 0.6 is 0 Å². The largest absolute Gasteiger partial charge is 0.491 e. The van der Waals surface area contributed by atoms with Crippen LogP contribution in [0.4, 0.5) is 0 Å². The number of hydrogen-bond acceptors (Lipinski definition) is 8. The van der Waals surface area contributed by atoms with Crippen molar-refractivity contribution < 1.29 is 18.9 Å². The lowest BCUT2D eigenvalue weighted by Crippen LogP contribution is -2.21. The van der Waals surface area contributed by atoms with Crippen molar-refractivity contribution in [2.45, 2.75) is 26.7 Å². The van der Waals surface area contributed by atoms with E-state index in [2.05, 4.69) is 16.3 Å². The van der Waals surface area contributed by atoms with Gasteiger partial charge in [-0.15, -0.1) is 5.10 Å². The molecule has 0 bridgehead atoms. The number of fused-ring (bicyclic) bond motifs is 1. The van der Waals surface area contributed by atoms with Crippen molar-refractivity contribution in [1.82, 2.24) is 14.8 Å². The summed E-state index contributed by atoms with van der Waals surface area (Å²) in [7, 11) is 1.95. The molecule has 0 saturated carbocycles. The van der Waals surface area contributed by atoms with Gasteiger partial charge in [-0.05, 0) is 30.2 Å². The molecule has 10 nitrogen and oxygen atoms in total. The molecule has 1 aromatic carbocycles. The summed E-state index contributed by atoms with van der Waals surface area (Å²) < 4.78 is 24.3. The lowest BCUT2D eigenvalue weighted by atomic mass is 9.82. The van der Waals surface area contributed by atoms with E-state index >= 15 is 0 Å². The maximum absolute atomic E-state index is 9.92. The zero-order chi connectivity index (χ0) is 26.8. The fourth-order valence-electron chi connectivity index (χ4n) is 4.08. The van der Waals surface area contributed by atoms with E-state index in [4.69, 9.17) is 30.4 Å². The zero-order valence-electron chi connectivity index (χ0n) is 21.9. The lowest BCUT2D eigenvalue weighted by Gasteiger charge is -2.24. The highest BCUT2D eigenvalue weighted by Gasteiger charge is 2.36. The van der Waals surface area contributed by atoms with Crippen molar-refractivity contribution in [3.8, 4) is 29.0 Å². The van der Waals surface area contributed by atoms with Gasteiger partial charge < -0.3 is 35.0 Å². The number of aromatic nitrogens is 3. The minimum absolute atomic E-state index is 0.0571. The van der Waals surface area contributed by atoms with Crippen molar-refractivity contribution in [3.63, 3.8) is 0 Å². The van der Waals surface area contributed by atoms with Crippen LogP contribution in [0.2, 0.25) is 0 Å². The number of nitrogens with zero attached hydrogens (tertiary/aromatic N) is 3. The van der Waals surface area contributed by atoms with Gasteiger partial charge in [0.2, 0.25) is 11.8 Å². The van der Waals surface area contributed by atoms with E-state index in [0.717, 1.165) is 33.7 Å². The molecule has 1 unspecified atom stereocenters. The number of benzene rings is 1. The lowest BCUT2D eigenvalue weighted by molar-refractivity contribution is 0.0387. The summed E-state index contributed by atoms with van der Waals surface area (Å²) in [6.07, 6.45) is 3.93. The Hall–Kier alpha value is -3.78. The summed E-state index contributed by atoms with van der Waals surface area (Å²) in [5, 5.41) is 17.3. The van der Waals surface area contributed by atoms with Gasteiger partial charge in [0.1, 0.15) is 24.0 Å². The number of nitrogens with two attached hydrogens (primary N) is 2. The molecular weight excluding hydrogens is 472 g/mol. The number of aryl methyl sites for hydroxylation is 2. The average Bonchev–Trinajstić information content (AvgIpc) is 3.52. The first-order valence-corrected chi connectivity index (χ1v) is 12.4. The molecule has 5 N–H and O–H groups in total. The fraction of sp³-hybridized carbons (Fsp3) is 0.407. The summed E-state index contributed by atoms with van der Waals surface area (Å²) in [5.41, 5.74) is 16.2. The van der Waals surface area contributed by atoms with E-state index in [1.807, 2.05) is 69.0 Å². The van der Waals surface area contributed by atoms with E-state index in [9.17, 15) is 5.26 Å². The Kier molecular flexibility index (Phi) is 10.1. The van der Waals surface area contributed by atoms with Gasteiger partial charge in [0.15, 0.2) is 0 Å². The molecule has 4 rings (SSSR count). The summed E-state index contributed by atoms with van der Waals surface area (Å²) in [6, 6.07) is 10.1. The number of nitriles is 1. The van der Waals surface area contributed by atoms with Gasteiger partial charge >= 0.3 is 0 Å². The quantitative estimate of drug-likeness (QED) is 0.334. The molecule has 1 atom stereocenters. The molecule has 0 saturated heterocycles. The van der Waals surface area contributed by atoms with Crippen molar-refractivity contribution in [2.75, 3.05) is 39.6 Å². The van der Waals surface area contributed by atoms with Gasteiger partial charge in [0.25, 0.3) is 0 Å². The third kappa shape index (κ3) is 6.51. The molecule has 0 aliphatic carbocycles. The van der Waals surface area contributed by atoms with Crippen LogP contribution in [0.15, 0.2) is 48.1 Å². The molecule has 3 heterocycles. The van der Waals surface area contributed by atoms with Gasteiger partial charge in [0, 0.05) is 31.5 Å².